The number of anilines is 1. The smallest absolute Gasteiger partial charge is 0.413 e. The van der Waals surface area contributed by atoms with Gasteiger partial charge >= 0.3 is 6.09 Å². The third-order valence-electron chi connectivity index (χ3n) is 8.45. The minimum absolute atomic E-state index is 0.0509. The number of hydrogen-bond acceptors (Lipinski definition) is 8. The molecule has 42 heavy (non-hydrogen) atoms. The van der Waals surface area contributed by atoms with Crippen molar-refractivity contribution < 1.29 is 32.3 Å². The van der Waals surface area contributed by atoms with E-state index in [0.29, 0.717) is 25.1 Å². The van der Waals surface area contributed by atoms with Gasteiger partial charge in [-0.05, 0) is 66.3 Å². The van der Waals surface area contributed by atoms with E-state index in [4.69, 9.17) is 0 Å². The number of hydrogen-bond donors (Lipinski definition) is 2. The lowest BCUT2D eigenvalue weighted by atomic mass is 9.65. The monoisotopic (exact) mass is 616 g/mol. The Kier molecular flexibility index (Phi) is 7.73. The summed E-state index contributed by atoms with van der Waals surface area (Å²) >= 11 is 1.16. The van der Waals surface area contributed by atoms with Gasteiger partial charge in [0.15, 0.2) is 0 Å². The minimum Gasteiger partial charge on any atom is -0.453 e. The number of benzene rings is 1. The largest absolute Gasteiger partial charge is 0.453 e. The van der Waals surface area contributed by atoms with Crippen LogP contribution in [0.2, 0.25) is 0 Å². The fraction of sp³-hybridized carbons (Fsp3) is 0.517. The van der Waals surface area contributed by atoms with Crippen LogP contribution in [0.25, 0.3) is 0 Å². The summed E-state index contributed by atoms with van der Waals surface area (Å²) in [5.41, 5.74) is 1.02. The normalized spacial score (nSPS) is 23.2. The Morgan fingerprint density at radius 1 is 1.05 bits per heavy atom. The van der Waals surface area contributed by atoms with E-state index in [1.807, 2.05) is 0 Å². The first kappa shape index (κ1) is 30.2. The average Bonchev–Trinajstić information content (AvgIpc) is 3.40. The van der Waals surface area contributed by atoms with Crippen LogP contribution in [0.15, 0.2) is 29.2 Å². The molecule has 2 bridgehead atoms. The first-order chi connectivity index (χ1) is 19.6. The van der Waals surface area contributed by atoms with Crippen LogP contribution in [-0.2, 0) is 32.5 Å². The quantitative estimate of drug-likeness (QED) is 0.517. The Balaban J connectivity index is 1.37. The molecular weight excluding hydrogens is 580 g/mol. The van der Waals surface area contributed by atoms with Gasteiger partial charge in [0, 0.05) is 36.5 Å². The van der Waals surface area contributed by atoms with Crippen molar-refractivity contribution in [1.29, 1.82) is 0 Å². The Hall–Kier alpha value is -3.29. The van der Waals surface area contributed by atoms with Gasteiger partial charge in [0.2, 0.25) is 15.9 Å². The molecule has 3 aliphatic rings. The van der Waals surface area contributed by atoms with E-state index < -0.39 is 27.9 Å². The number of sulfonamides is 1. The van der Waals surface area contributed by atoms with E-state index in [9.17, 15) is 27.6 Å². The molecule has 2 atom stereocenters. The highest BCUT2D eigenvalue weighted by Crippen LogP contribution is 2.53. The third-order valence-corrected chi connectivity index (χ3v) is 11.5. The van der Waals surface area contributed by atoms with Gasteiger partial charge in [-0.15, -0.1) is 11.3 Å². The molecule has 2 aliphatic heterocycles. The number of thiophene rings is 1. The summed E-state index contributed by atoms with van der Waals surface area (Å²) < 4.78 is 33.5. The maximum absolute atomic E-state index is 13.6. The predicted molar refractivity (Wildman–Crippen MR) is 157 cm³/mol. The molecular formula is C29H36N4O7S2. The zero-order chi connectivity index (χ0) is 30.6. The van der Waals surface area contributed by atoms with E-state index in [-0.39, 0.29) is 50.3 Å². The number of alkyl carbamates (subject to hydrolysis) is 1. The molecule has 1 aliphatic carbocycles. The van der Waals surface area contributed by atoms with Crippen molar-refractivity contribution in [2.45, 2.75) is 70.9 Å². The highest BCUT2D eigenvalue weighted by atomic mass is 32.2. The molecule has 1 saturated heterocycles. The number of imide groups is 1. The Labute approximate surface area is 249 Å². The number of carbonyl (C=O) groups excluding carboxylic acids is 4. The summed E-state index contributed by atoms with van der Waals surface area (Å²) in [6.45, 7) is 9.16. The van der Waals surface area contributed by atoms with Crippen LogP contribution in [0.1, 0.15) is 78.1 Å². The van der Waals surface area contributed by atoms with Crippen LogP contribution in [-0.4, -0.2) is 67.7 Å². The molecule has 11 nitrogen and oxygen atoms in total. The summed E-state index contributed by atoms with van der Waals surface area (Å²) in [6.07, 6.45) is 2.07. The average molecular weight is 617 g/mol. The van der Waals surface area contributed by atoms with Gasteiger partial charge in [-0.3, -0.25) is 19.7 Å². The molecule has 1 saturated carbocycles. The first-order valence-corrected chi connectivity index (χ1v) is 16.1. The molecule has 226 valence electrons. The maximum atomic E-state index is 13.6. The molecule has 2 unspecified atom stereocenters. The highest BCUT2D eigenvalue weighted by Gasteiger charge is 2.53. The summed E-state index contributed by atoms with van der Waals surface area (Å²) in [4.78, 5) is 52.5. The van der Waals surface area contributed by atoms with Crippen LogP contribution in [0, 0.1) is 10.8 Å². The van der Waals surface area contributed by atoms with E-state index in [0.717, 1.165) is 42.6 Å². The second kappa shape index (κ2) is 10.8. The lowest BCUT2D eigenvalue weighted by molar-refractivity contribution is -0.129. The Bertz CT molecular complexity index is 1560. The van der Waals surface area contributed by atoms with Crippen molar-refractivity contribution in [3.05, 3.63) is 45.8 Å². The number of amides is 4. The van der Waals surface area contributed by atoms with Crippen molar-refractivity contribution in [2.75, 3.05) is 25.5 Å². The van der Waals surface area contributed by atoms with Gasteiger partial charge in [-0.1, -0.05) is 20.8 Å². The Morgan fingerprint density at radius 2 is 1.74 bits per heavy atom. The SMILES string of the molecule is COC(=O)NC(=O)c1c(NC(=O)c2ccc(S(=O)(=O)N3CC4(C)CC3CC(C)(C)C4)cc2)sc2c1CCN(C(C)=O)C2. The molecule has 0 spiro atoms. The van der Waals surface area contributed by atoms with Crippen LogP contribution < -0.4 is 10.6 Å². The number of methoxy groups -OCH3 is 1. The molecule has 13 heteroatoms. The van der Waals surface area contributed by atoms with E-state index >= 15 is 0 Å². The van der Waals surface area contributed by atoms with Crippen molar-refractivity contribution in [1.82, 2.24) is 14.5 Å². The molecule has 3 heterocycles. The molecule has 0 radical (unpaired) electrons. The molecule has 1 aromatic carbocycles. The molecule has 1 aromatic heterocycles. The molecule has 2 aromatic rings. The predicted octanol–water partition coefficient (Wildman–Crippen LogP) is 3.99. The van der Waals surface area contributed by atoms with Crippen LogP contribution in [0.5, 0.6) is 0 Å². The summed E-state index contributed by atoms with van der Waals surface area (Å²) in [6, 6.07) is 5.74. The number of carbonyl (C=O) groups is 4. The van der Waals surface area contributed by atoms with Gasteiger partial charge in [-0.2, -0.15) is 4.31 Å². The topological polar surface area (TPSA) is 142 Å². The van der Waals surface area contributed by atoms with Gasteiger partial charge < -0.3 is 15.0 Å². The molecule has 5 rings (SSSR count). The third kappa shape index (κ3) is 5.69. The highest BCUT2D eigenvalue weighted by molar-refractivity contribution is 7.89. The lowest BCUT2D eigenvalue weighted by Crippen LogP contribution is -2.37. The first-order valence-electron chi connectivity index (χ1n) is 13.9. The van der Waals surface area contributed by atoms with E-state index in [2.05, 4.69) is 36.1 Å². The molecule has 2 N–H and O–H groups in total. The zero-order valence-corrected chi connectivity index (χ0v) is 26.0. The number of ether oxygens (including phenoxy) is 1. The summed E-state index contributed by atoms with van der Waals surface area (Å²) in [5.74, 6) is -1.37. The van der Waals surface area contributed by atoms with Gasteiger partial charge in [0.1, 0.15) is 5.00 Å². The second-order valence-corrected chi connectivity index (χ2v) is 15.6. The van der Waals surface area contributed by atoms with Crippen molar-refractivity contribution in [3.8, 4) is 0 Å². The van der Waals surface area contributed by atoms with Crippen molar-refractivity contribution in [3.63, 3.8) is 0 Å². The number of nitrogens with zero attached hydrogens (tertiary/aromatic N) is 2. The van der Waals surface area contributed by atoms with E-state index in [1.165, 1.54) is 31.2 Å². The fourth-order valence-electron chi connectivity index (χ4n) is 6.98. The lowest BCUT2D eigenvalue weighted by Gasteiger charge is -2.39. The molecule has 2 fully saturated rings. The van der Waals surface area contributed by atoms with Gasteiger partial charge in [0.05, 0.1) is 24.1 Å². The maximum Gasteiger partial charge on any atom is 0.413 e. The van der Waals surface area contributed by atoms with Crippen LogP contribution in [0.3, 0.4) is 0 Å². The van der Waals surface area contributed by atoms with E-state index in [1.54, 1.807) is 9.21 Å². The molecule has 4 amide bonds. The van der Waals surface area contributed by atoms with Gasteiger partial charge in [-0.25, -0.2) is 13.2 Å². The minimum atomic E-state index is -3.75. The second-order valence-electron chi connectivity index (χ2n) is 12.6. The number of rotatable bonds is 5. The van der Waals surface area contributed by atoms with Crippen LogP contribution >= 0.6 is 11.3 Å². The Morgan fingerprint density at radius 3 is 2.38 bits per heavy atom. The summed E-state index contributed by atoms with van der Waals surface area (Å²) in [5, 5.41) is 5.14. The van der Waals surface area contributed by atoms with Gasteiger partial charge in [0.25, 0.3) is 11.8 Å². The van der Waals surface area contributed by atoms with Crippen molar-refractivity contribution >= 4 is 50.2 Å². The standard InChI is InChI=1S/C29H36N4O7S2/c1-17(34)32-11-10-21-22(14-32)41-26(23(21)25(36)31-27(37)40-5)30-24(35)18-6-8-20(9-7-18)42(38,39)33-16-29(4)13-19(33)12-28(2,3)15-29/h6-9,19H,10-16H2,1-5H3,(H,30,35)(H,31,36,37). The summed E-state index contributed by atoms with van der Waals surface area (Å²) in [7, 11) is -2.62. The number of fused-ring (bicyclic) bond motifs is 3. The van der Waals surface area contributed by atoms with Crippen molar-refractivity contribution in [2.24, 2.45) is 10.8 Å². The zero-order valence-electron chi connectivity index (χ0n) is 24.4. The fourth-order valence-corrected chi connectivity index (χ4v) is 10.0. The number of nitrogens with one attached hydrogen (secondary N) is 2. The van der Waals surface area contributed by atoms with Crippen LogP contribution in [0.4, 0.5) is 9.80 Å².